The third-order valence-corrected chi connectivity index (χ3v) is 3.49. The van der Waals surface area contributed by atoms with Crippen LogP contribution in [0.5, 0.6) is 0 Å². The van der Waals surface area contributed by atoms with E-state index in [2.05, 4.69) is 12.1 Å². The highest BCUT2D eigenvalue weighted by Crippen LogP contribution is 2.27. The van der Waals surface area contributed by atoms with Crippen molar-refractivity contribution in [1.82, 2.24) is 0 Å². The van der Waals surface area contributed by atoms with Crippen LogP contribution in [0.15, 0.2) is 36.4 Å². The van der Waals surface area contributed by atoms with E-state index in [-0.39, 0.29) is 5.97 Å². The number of anilines is 1. The van der Waals surface area contributed by atoms with Crippen molar-refractivity contribution < 1.29 is 9.53 Å². The average Bonchev–Trinajstić information content (AvgIpc) is 2.72. The summed E-state index contributed by atoms with van der Waals surface area (Å²) in [5, 5.41) is 0.527. The number of carbonyl (C=O) groups excluding carboxylic acids is 1. The van der Waals surface area contributed by atoms with Crippen molar-refractivity contribution in [2.24, 2.45) is 0 Å². The Morgan fingerprint density at radius 2 is 2.06 bits per heavy atom. The summed E-state index contributed by atoms with van der Waals surface area (Å²) in [6.45, 7) is 2.15. The van der Waals surface area contributed by atoms with Crippen molar-refractivity contribution in [3.05, 3.63) is 52.4 Å². The van der Waals surface area contributed by atoms with Crippen LogP contribution in [0.25, 0.3) is 0 Å². The largest absolute Gasteiger partial charge is 0.462 e. The van der Waals surface area contributed by atoms with Gasteiger partial charge in [-0.2, -0.15) is 0 Å². The van der Waals surface area contributed by atoms with Crippen LogP contribution in [-0.2, 0) is 11.2 Å². The lowest BCUT2D eigenvalue weighted by Crippen LogP contribution is -2.05. The predicted octanol–water partition coefficient (Wildman–Crippen LogP) is 3.10. The Labute approximate surface area is 110 Å². The molecule has 18 heavy (non-hydrogen) atoms. The van der Waals surface area contributed by atoms with E-state index in [4.69, 9.17) is 10.5 Å². The van der Waals surface area contributed by atoms with Crippen LogP contribution < -0.4 is 5.73 Å². The van der Waals surface area contributed by atoms with E-state index in [1.54, 1.807) is 6.92 Å². The Morgan fingerprint density at radius 1 is 1.33 bits per heavy atom. The molecule has 94 valence electrons. The lowest BCUT2D eigenvalue weighted by atomic mass is 10.1. The Hall–Kier alpha value is -1.81. The summed E-state index contributed by atoms with van der Waals surface area (Å²) in [4.78, 5) is 12.7. The fourth-order valence-corrected chi connectivity index (χ4v) is 2.66. The molecule has 1 heterocycles. The lowest BCUT2D eigenvalue weighted by molar-refractivity contribution is 0.0528. The standard InChI is InChI=1S/C14H15NO2S/c1-2-17-14(16)12-9-11(18-13(12)15)8-10-6-4-3-5-7-10/h3-7,9H,2,8,15H2,1H3. The first-order valence-electron chi connectivity index (χ1n) is 5.80. The van der Waals surface area contributed by atoms with E-state index in [1.165, 1.54) is 16.9 Å². The minimum atomic E-state index is -0.342. The second kappa shape index (κ2) is 5.69. The van der Waals surface area contributed by atoms with Crippen molar-refractivity contribution in [1.29, 1.82) is 0 Å². The summed E-state index contributed by atoms with van der Waals surface area (Å²) in [6.07, 6.45) is 0.787. The fourth-order valence-electron chi connectivity index (χ4n) is 1.71. The van der Waals surface area contributed by atoms with Gasteiger partial charge in [-0.25, -0.2) is 4.79 Å². The molecule has 0 spiro atoms. The normalized spacial score (nSPS) is 10.3. The molecule has 0 aliphatic rings. The zero-order chi connectivity index (χ0) is 13.0. The highest BCUT2D eigenvalue weighted by Gasteiger charge is 2.15. The second-order valence-electron chi connectivity index (χ2n) is 3.87. The number of ether oxygens (including phenoxy) is 1. The number of esters is 1. The van der Waals surface area contributed by atoms with Gasteiger partial charge in [-0.05, 0) is 18.6 Å². The van der Waals surface area contributed by atoms with Crippen LogP contribution in [-0.4, -0.2) is 12.6 Å². The molecule has 2 rings (SSSR count). The smallest absolute Gasteiger partial charge is 0.341 e. The summed E-state index contributed by atoms with van der Waals surface area (Å²) in [5.41, 5.74) is 7.53. The molecule has 0 aliphatic carbocycles. The monoisotopic (exact) mass is 261 g/mol. The third kappa shape index (κ3) is 2.90. The van der Waals surface area contributed by atoms with Gasteiger partial charge in [0.1, 0.15) is 5.00 Å². The van der Waals surface area contributed by atoms with Gasteiger partial charge in [0.25, 0.3) is 0 Å². The van der Waals surface area contributed by atoms with Crippen molar-refractivity contribution in [2.45, 2.75) is 13.3 Å². The zero-order valence-corrected chi connectivity index (χ0v) is 11.0. The van der Waals surface area contributed by atoms with Gasteiger partial charge in [-0.3, -0.25) is 0 Å². The van der Waals surface area contributed by atoms with E-state index < -0.39 is 0 Å². The van der Waals surface area contributed by atoms with E-state index in [1.807, 2.05) is 24.3 Å². The summed E-state index contributed by atoms with van der Waals surface area (Å²) < 4.78 is 4.96. The predicted molar refractivity (Wildman–Crippen MR) is 73.9 cm³/mol. The van der Waals surface area contributed by atoms with E-state index >= 15 is 0 Å². The van der Waals surface area contributed by atoms with Gasteiger partial charge in [0.05, 0.1) is 12.2 Å². The van der Waals surface area contributed by atoms with Crippen molar-refractivity contribution in [3.63, 3.8) is 0 Å². The van der Waals surface area contributed by atoms with Crippen molar-refractivity contribution in [2.75, 3.05) is 12.3 Å². The highest BCUT2D eigenvalue weighted by molar-refractivity contribution is 7.16. The molecule has 1 aromatic carbocycles. The van der Waals surface area contributed by atoms with Crippen LogP contribution in [0, 0.1) is 0 Å². The summed E-state index contributed by atoms with van der Waals surface area (Å²) >= 11 is 1.44. The average molecular weight is 261 g/mol. The molecule has 2 N–H and O–H groups in total. The summed E-state index contributed by atoms with van der Waals surface area (Å²) in [6, 6.07) is 11.9. The topological polar surface area (TPSA) is 52.3 Å². The van der Waals surface area contributed by atoms with Crippen LogP contribution in [0.4, 0.5) is 5.00 Å². The number of rotatable bonds is 4. The molecular weight excluding hydrogens is 246 g/mol. The van der Waals surface area contributed by atoms with Gasteiger partial charge in [-0.15, -0.1) is 11.3 Å². The molecule has 0 radical (unpaired) electrons. The molecule has 0 fully saturated rings. The number of carbonyl (C=O) groups is 1. The maximum Gasteiger partial charge on any atom is 0.341 e. The first-order valence-corrected chi connectivity index (χ1v) is 6.61. The molecule has 0 saturated heterocycles. The lowest BCUT2D eigenvalue weighted by Gasteiger charge is -1.99. The van der Waals surface area contributed by atoms with Crippen LogP contribution in [0.3, 0.4) is 0 Å². The second-order valence-corrected chi connectivity index (χ2v) is 5.04. The molecule has 0 atom stereocenters. The fraction of sp³-hybridized carbons (Fsp3) is 0.214. The number of nitrogens with two attached hydrogens (primary N) is 1. The molecule has 0 aliphatic heterocycles. The maximum absolute atomic E-state index is 11.6. The quantitative estimate of drug-likeness (QED) is 0.860. The number of nitrogen functional groups attached to an aromatic ring is 1. The van der Waals surface area contributed by atoms with Gasteiger partial charge < -0.3 is 10.5 Å². The van der Waals surface area contributed by atoms with Crippen LogP contribution in [0.1, 0.15) is 27.7 Å². The molecule has 3 nitrogen and oxygen atoms in total. The maximum atomic E-state index is 11.6. The summed E-state index contributed by atoms with van der Waals surface area (Å²) in [5.74, 6) is -0.342. The summed E-state index contributed by atoms with van der Waals surface area (Å²) in [7, 11) is 0. The Kier molecular flexibility index (Phi) is 3.99. The van der Waals surface area contributed by atoms with Gasteiger partial charge in [0, 0.05) is 11.3 Å². The number of benzene rings is 1. The first kappa shape index (κ1) is 12.6. The molecule has 2 aromatic rings. The third-order valence-electron chi connectivity index (χ3n) is 2.53. The molecule has 0 bridgehead atoms. The van der Waals surface area contributed by atoms with Gasteiger partial charge in [0.15, 0.2) is 0 Å². The molecule has 1 aromatic heterocycles. The number of hydrogen-bond donors (Lipinski definition) is 1. The van der Waals surface area contributed by atoms with E-state index in [0.717, 1.165) is 11.3 Å². The molecular formula is C14H15NO2S. The first-order chi connectivity index (χ1) is 8.70. The van der Waals surface area contributed by atoms with Crippen LogP contribution in [0.2, 0.25) is 0 Å². The molecule has 0 amide bonds. The SMILES string of the molecule is CCOC(=O)c1cc(Cc2ccccc2)sc1N. The minimum Gasteiger partial charge on any atom is -0.462 e. The highest BCUT2D eigenvalue weighted by atomic mass is 32.1. The van der Waals surface area contributed by atoms with Gasteiger partial charge >= 0.3 is 5.97 Å². The van der Waals surface area contributed by atoms with Crippen molar-refractivity contribution in [3.8, 4) is 0 Å². The molecule has 0 unspecified atom stereocenters. The number of hydrogen-bond acceptors (Lipinski definition) is 4. The van der Waals surface area contributed by atoms with Gasteiger partial charge in [-0.1, -0.05) is 30.3 Å². The van der Waals surface area contributed by atoms with Crippen LogP contribution >= 0.6 is 11.3 Å². The Bertz CT molecular complexity index is 534. The number of thiophene rings is 1. The van der Waals surface area contributed by atoms with E-state index in [0.29, 0.717) is 17.2 Å². The minimum absolute atomic E-state index is 0.342. The van der Waals surface area contributed by atoms with Gasteiger partial charge in [0.2, 0.25) is 0 Å². The Balaban J connectivity index is 2.16. The zero-order valence-electron chi connectivity index (χ0n) is 10.2. The molecule has 0 saturated carbocycles. The Morgan fingerprint density at radius 3 is 2.72 bits per heavy atom. The van der Waals surface area contributed by atoms with E-state index in [9.17, 15) is 4.79 Å². The molecule has 4 heteroatoms. The van der Waals surface area contributed by atoms with Crippen molar-refractivity contribution >= 4 is 22.3 Å².